The number of halogens is 2. The summed E-state index contributed by atoms with van der Waals surface area (Å²) in [7, 11) is 0. The summed E-state index contributed by atoms with van der Waals surface area (Å²) in [5, 5.41) is 3.14. The average Bonchev–Trinajstić information content (AvgIpc) is 2.79. The lowest BCUT2D eigenvalue weighted by Crippen LogP contribution is -2.50. The minimum absolute atomic E-state index is 0.112. The van der Waals surface area contributed by atoms with Crippen molar-refractivity contribution in [1.82, 2.24) is 10.2 Å². The molecule has 0 saturated heterocycles. The molecule has 0 bridgehead atoms. The molecular formula is C25H30BrFN2O2S. The minimum Gasteiger partial charge on any atom is -0.352 e. The van der Waals surface area contributed by atoms with Crippen molar-refractivity contribution in [2.75, 3.05) is 5.75 Å². The molecule has 2 aromatic carbocycles. The molecule has 1 saturated carbocycles. The number of hydrogen-bond donors (Lipinski definition) is 1. The maximum Gasteiger partial charge on any atom is 0.242 e. The molecule has 4 nitrogen and oxygen atoms in total. The Balaban J connectivity index is 1.66. The quantitative estimate of drug-likeness (QED) is 0.462. The van der Waals surface area contributed by atoms with Gasteiger partial charge in [-0.3, -0.25) is 9.59 Å². The van der Waals surface area contributed by atoms with E-state index in [1.807, 2.05) is 24.3 Å². The predicted molar refractivity (Wildman–Crippen MR) is 132 cm³/mol. The first-order valence-electron chi connectivity index (χ1n) is 11.1. The molecule has 1 aliphatic rings. The van der Waals surface area contributed by atoms with Crippen LogP contribution in [0.25, 0.3) is 0 Å². The lowest BCUT2D eigenvalue weighted by Gasteiger charge is -2.31. The Morgan fingerprint density at radius 3 is 2.62 bits per heavy atom. The van der Waals surface area contributed by atoms with E-state index in [1.54, 1.807) is 30.0 Å². The molecule has 2 amide bonds. The van der Waals surface area contributed by atoms with Crippen LogP contribution in [0.1, 0.15) is 50.2 Å². The second-order valence-electron chi connectivity index (χ2n) is 8.26. The topological polar surface area (TPSA) is 49.4 Å². The molecule has 2 aromatic rings. The zero-order chi connectivity index (χ0) is 22.9. The lowest BCUT2D eigenvalue weighted by molar-refractivity contribution is -0.139. The Morgan fingerprint density at radius 2 is 1.91 bits per heavy atom. The zero-order valence-corrected chi connectivity index (χ0v) is 20.8. The molecule has 0 aliphatic heterocycles. The van der Waals surface area contributed by atoms with Crippen molar-refractivity contribution in [2.45, 2.75) is 63.4 Å². The van der Waals surface area contributed by atoms with E-state index in [4.69, 9.17) is 0 Å². The van der Waals surface area contributed by atoms with Gasteiger partial charge < -0.3 is 10.2 Å². The Bertz CT molecular complexity index is 920. The van der Waals surface area contributed by atoms with Gasteiger partial charge in [-0.05, 0) is 49.1 Å². The molecule has 32 heavy (non-hydrogen) atoms. The van der Waals surface area contributed by atoms with Gasteiger partial charge >= 0.3 is 0 Å². The van der Waals surface area contributed by atoms with Crippen LogP contribution in [0, 0.1) is 5.82 Å². The van der Waals surface area contributed by atoms with E-state index in [0.717, 1.165) is 35.7 Å². The maximum atomic E-state index is 13.9. The van der Waals surface area contributed by atoms with E-state index in [9.17, 15) is 14.0 Å². The van der Waals surface area contributed by atoms with Crippen molar-refractivity contribution in [3.8, 4) is 0 Å². The fourth-order valence-electron chi connectivity index (χ4n) is 3.93. The van der Waals surface area contributed by atoms with Crippen LogP contribution in [0.4, 0.5) is 4.39 Å². The van der Waals surface area contributed by atoms with E-state index in [0.29, 0.717) is 17.9 Å². The first-order chi connectivity index (χ1) is 15.4. The fraction of sp³-hybridized carbons (Fsp3) is 0.440. The van der Waals surface area contributed by atoms with Crippen LogP contribution in [0.2, 0.25) is 0 Å². The summed E-state index contributed by atoms with van der Waals surface area (Å²) >= 11 is 4.84. The van der Waals surface area contributed by atoms with Gasteiger partial charge in [0.1, 0.15) is 11.9 Å². The summed E-state index contributed by atoms with van der Waals surface area (Å²) in [6.45, 7) is 2.13. The van der Waals surface area contributed by atoms with Gasteiger partial charge in [0.2, 0.25) is 11.8 Å². The van der Waals surface area contributed by atoms with Crippen molar-refractivity contribution in [3.63, 3.8) is 0 Å². The van der Waals surface area contributed by atoms with Crippen LogP contribution in [-0.4, -0.2) is 34.6 Å². The van der Waals surface area contributed by atoms with E-state index >= 15 is 0 Å². The standard InChI is InChI=1S/C25H30BrFN2O2S/c1-18(25(31)28-22-11-3-2-4-12-22)29(15-19-8-7-10-21(26)14-19)24(30)17-32-16-20-9-5-6-13-23(20)27/h5-10,13-14,18,22H,2-4,11-12,15-17H2,1H3,(H,28,31)/t18-/m0/s1. The van der Waals surface area contributed by atoms with Crippen LogP contribution < -0.4 is 5.32 Å². The fourth-order valence-corrected chi connectivity index (χ4v) is 5.27. The molecule has 3 rings (SSSR count). The molecule has 0 heterocycles. The number of thioether (sulfide) groups is 1. The molecule has 0 radical (unpaired) electrons. The number of benzene rings is 2. The Morgan fingerprint density at radius 1 is 1.16 bits per heavy atom. The third-order valence-electron chi connectivity index (χ3n) is 5.80. The van der Waals surface area contributed by atoms with Crippen molar-refractivity contribution >= 4 is 39.5 Å². The highest BCUT2D eigenvalue weighted by molar-refractivity contribution is 9.10. The van der Waals surface area contributed by atoms with E-state index in [2.05, 4.69) is 21.2 Å². The SMILES string of the molecule is C[C@@H](C(=O)NC1CCCCC1)N(Cc1cccc(Br)c1)C(=O)CSCc1ccccc1F. The Hall–Kier alpha value is -1.86. The van der Waals surface area contributed by atoms with Crippen molar-refractivity contribution in [1.29, 1.82) is 0 Å². The van der Waals surface area contributed by atoms with Crippen molar-refractivity contribution in [3.05, 3.63) is 69.9 Å². The van der Waals surface area contributed by atoms with Gasteiger partial charge in [0, 0.05) is 22.8 Å². The van der Waals surface area contributed by atoms with Gasteiger partial charge in [0.15, 0.2) is 0 Å². The van der Waals surface area contributed by atoms with Gasteiger partial charge in [-0.25, -0.2) is 4.39 Å². The molecule has 172 valence electrons. The largest absolute Gasteiger partial charge is 0.352 e. The number of nitrogens with one attached hydrogen (secondary N) is 1. The van der Waals surface area contributed by atoms with Gasteiger partial charge in [0.25, 0.3) is 0 Å². The van der Waals surface area contributed by atoms with Gasteiger partial charge in [-0.15, -0.1) is 11.8 Å². The molecule has 1 atom stereocenters. The number of carbonyl (C=O) groups is 2. The monoisotopic (exact) mass is 520 g/mol. The summed E-state index contributed by atoms with van der Waals surface area (Å²) in [6, 6.07) is 14.0. The van der Waals surface area contributed by atoms with Crippen molar-refractivity contribution in [2.24, 2.45) is 0 Å². The normalized spacial score (nSPS) is 15.2. The highest BCUT2D eigenvalue weighted by atomic mass is 79.9. The minimum atomic E-state index is -0.586. The highest BCUT2D eigenvalue weighted by Gasteiger charge is 2.28. The molecule has 1 aliphatic carbocycles. The molecule has 7 heteroatoms. The third kappa shape index (κ3) is 7.34. The number of carbonyl (C=O) groups excluding carboxylic acids is 2. The third-order valence-corrected chi connectivity index (χ3v) is 7.26. The van der Waals surface area contributed by atoms with Crippen LogP contribution in [0.3, 0.4) is 0 Å². The van der Waals surface area contributed by atoms with Crippen LogP contribution in [-0.2, 0) is 21.9 Å². The predicted octanol–water partition coefficient (Wildman–Crippen LogP) is 5.69. The molecule has 0 spiro atoms. The number of hydrogen-bond acceptors (Lipinski definition) is 3. The van der Waals surface area contributed by atoms with Gasteiger partial charge in [-0.1, -0.05) is 65.5 Å². The summed E-state index contributed by atoms with van der Waals surface area (Å²) < 4.78 is 14.8. The second kappa shape index (κ2) is 12.4. The summed E-state index contributed by atoms with van der Waals surface area (Å²) in [5.41, 5.74) is 1.52. The summed E-state index contributed by atoms with van der Waals surface area (Å²) in [6.07, 6.45) is 5.47. The maximum absolute atomic E-state index is 13.9. The first kappa shape index (κ1) is 24.8. The van der Waals surface area contributed by atoms with Crippen molar-refractivity contribution < 1.29 is 14.0 Å². The molecular weight excluding hydrogens is 491 g/mol. The summed E-state index contributed by atoms with van der Waals surface area (Å²) in [4.78, 5) is 27.8. The van der Waals surface area contributed by atoms with Crippen LogP contribution in [0.5, 0.6) is 0 Å². The van der Waals surface area contributed by atoms with E-state index in [1.165, 1.54) is 24.2 Å². The van der Waals surface area contributed by atoms with Crippen LogP contribution >= 0.6 is 27.7 Å². The van der Waals surface area contributed by atoms with Gasteiger partial charge in [0.05, 0.1) is 5.75 Å². The smallest absolute Gasteiger partial charge is 0.242 e. The van der Waals surface area contributed by atoms with E-state index < -0.39 is 6.04 Å². The summed E-state index contributed by atoms with van der Waals surface area (Å²) in [5.74, 6) is 0.0884. The zero-order valence-electron chi connectivity index (χ0n) is 18.4. The number of amides is 2. The first-order valence-corrected chi connectivity index (χ1v) is 13.0. The molecule has 1 fully saturated rings. The molecule has 0 aromatic heterocycles. The molecule has 0 unspecified atom stereocenters. The number of rotatable bonds is 9. The number of nitrogens with zero attached hydrogens (tertiary/aromatic N) is 1. The van der Waals surface area contributed by atoms with Crippen LogP contribution in [0.15, 0.2) is 53.0 Å². The molecule has 1 N–H and O–H groups in total. The average molecular weight is 521 g/mol. The Kier molecular flexibility index (Phi) is 9.60. The highest BCUT2D eigenvalue weighted by Crippen LogP contribution is 2.21. The lowest BCUT2D eigenvalue weighted by atomic mass is 9.95. The van der Waals surface area contributed by atoms with E-state index in [-0.39, 0.29) is 29.4 Å². The second-order valence-corrected chi connectivity index (χ2v) is 10.2. The van der Waals surface area contributed by atoms with Gasteiger partial charge in [-0.2, -0.15) is 0 Å². The Labute approximate surface area is 202 Å².